The van der Waals surface area contributed by atoms with Gasteiger partial charge in [-0.15, -0.1) is 11.3 Å². The van der Waals surface area contributed by atoms with Crippen molar-refractivity contribution in [2.75, 3.05) is 7.11 Å². The number of ether oxygens (including phenoxy) is 1. The first-order valence-electron chi connectivity index (χ1n) is 8.72. The summed E-state index contributed by atoms with van der Waals surface area (Å²) in [5, 5.41) is 5.55. The molecule has 0 radical (unpaired) electrons. The molecule has 5 nitrogen and oxygen atoms in total. The Bertz CT molecular complexity index is 1150. The Morgan fingerprint density at radius 2 is 1.93 bits per heavy atom. The first-order chi connectivity index (χ1) is 13.2. The fourth-order valence-electron chi connectivity index (χ4n) is 3.06. The van der Waals surface area contributed by atoms with Crippen LogP contribution in [0.1, 0.15) is 10.6 Å². The summed E-state index contributed by atoms with van der Waals surface area (Å²) < 4.78 is 7.70. The molecule has 27 heavy (non-hydrogen) atoms. The topological polar surface area (TPSA) is 57.0 Å². The molecule has 0 saturated heterocycles. The van der Waals surface area contributed by atoms with Crippen LogP contribution in [0.25, 0.3) is 21.5 Å². The Morgan fingerprint density at radius 3 is 2.70 bits per heavy atom. The molecular formula is C21H19N3O2S. The van der Waals surface area contributed by atoms with Crippen molar-refractivity contribution in [3.63, 3.8) is 0 Å². The van der Waals surface area contributed by atoms with Crippen molar-refractivity contribution < 1.29 is 4.74 Å². The van der Waals surface area contributed by atoms with Gasteiger partial charge in [-0.3, -0.25) is 4.79 Å². The molecule has 4 aromatic rings. The molecular weight excluding hydrogens is 358 g/mol. The minimum Gasteiger partial charge on any atom is -0.497 e. The van der Waals surface area contributed by atoms with Gasteiger partial charge < -0.3 is 4.74 Å². The molecule has 2 aromatic carbocycles. The number of hydrogen-bond acceptors (Lipinski definition) is 5. The van der Waals surface area contributed by atoms with E-state index in [1.54, 1.807) is 7.11 Å². The van der Waals surface area contributed by atoms with Crippen LogP contribution < -0.4 is 10.3 Å². The monoisotopic (exact) mass is 377 g/mol. The van der Waals surface area contributed by atoms with Crippen LogP contribution in [0, 0.1) is 6.92 Å². The van der Waals surface area contributed by atoms with Crippen molar-refractivity contribution in [2.45, 2.75) is 19.9 Å². The number of thiazole rings is 1. The highest BCUT2D eigenvalue weighted by molar-refractivity contribution is 7.19. The van der Waals surface area contributed by atoms with Gasteiger partial charge in [-0.05, 0) is 31.0 Å². The van der Waals surface area contributed by atoms with Crippen LogP contribution >= 0.6 is 11.3 Å². The van der Waals surface area contributed by atoms with E-state index in [0.717, 1.165) is 33.1 Å². The highest BCUT2D eigenvalue weighted by atomic mass is 32.1. The zero-order valence-corrected chi connectivity index (χ0v) is 16.0. The normalized spacial score (nSPS) is 11.0. The Balaban J connectivity index is 1.82. The van der Waals surface area contributed by atoms with Crippen molar-refractivity contribution >= 4 is 21.6 Å². The van der Waals surface area contributed by atoms with Gasteiger partial charge in [0.15, 0.2) is 5.52 Å². The number of nitrogens with zero attached hydrogens (tertiary/aromatic N) is 3. The van der Waals surface area contributed by atoms with Crippen molar-refractivity contribution in [1.82, 2.24) is 14.8 Å². The first kappa shape index (κ1) is 17.4. The number of fused-ring (bicyclic) bond motifs is 1. The van der Waals surface area contributed by atoms with E-state index in [2.05, 4.69) is 17.1 Å². The minimum atomic E-state index is -0.142. The summed E-state index contributed by atoms with van der Waals surface area (Å²) in [6.45, 7) is 2.42. The number of methoxy groups -OCH3 is 1. The molecule has 0 N–H and O–H groups in total. The molecule has 2 heterocycles. The SMILES string of the molecule is COc1cccc(-c2nn(CCc3ccccc3)c(=O)c3nc(C)sc23)c1. The van der Waals surface area contributed by atoms with Crippen LogP contribution in [0.15, 0.2) is 59.4 Å². The average Bonchev–Trinajstić information content (AvgIpc) is 3.10. The van der Waals surface area contributed by atoms with Crippen molar-refractivity contribution in [1.29, 1.82) is 0 Å². The summed E-state index contributed by atoms with van der Waals surface area (Å²) in [5.41, 5.74) is 3.19. The van der Waals surface area contributed by atoms with Crippen LogP contribution in [0.5, 0.6) is 5.75 Å². The smallest absolute Gasteiger partial charge is 0.294 e. The van der Waals surface area contributed by atoms with Crippen molar-refractivity contribution in [2.24, 2.45) is 0 Å². The predicted molar refractivity (Wildman–Crippen MR) is 109 cm³/mol. The Kier molecular flexibility index (Phi) is 4.73. The van der Waals surface area contributed by atoms with Gasteiger partial charge in [-0.25, -0.2) is 9.67 Å². The van der Waals surface area contributed by atoms with E-state index in [4.69, 9.17) is 9.84 Å². The van der Waals surface area contributed by atoms with Crippen molar-refractivity contribution in [3.8, 4) is 17.0 Å². The molecule has 0 fully saturated rings. The lowest BCUT2D eigenvalue weighted by Gasteiger charge is -2.09. The summed E-state index contributed by atoms with van der Waals surface area (Å²) >= 11 is 1.50. The number of aryl methyl sites for hydroxylation is 3. The molecule has 6 heteroatoms. The molecule has 0 spiro atoms. The number of hydrogen-bond donors (Lipinski definition) is 0. The van der Waals surface area contributed by atoms with Gasteiger partial charge in [0.2, 0.25) is 0 Å². The third-order valence-electron chi connectivity index (χ3n) is 4.41. The molecule has 0 aliphatic carbocycles. The maximum absolute atomic E-state index is 12.9. The standard InChI is InChI=1S/C21H19N3O2S/c1-14-22-19-20(27-14)18(16-9-6-10-17(13-16)26-2)23-24(21(19)25)12-11-15-7-4-3-5-8-15/h3-10,13H,11-12H2,1-2H3. The Hall–Kier alpha value is -2.99. The predicted octanol–water partition coefficient (Wildman–Crippen LogP) is 4.08. The molecule has 0 saturated carbocycles. The summed E-state index contributed by atoms with van der Waals surface area (Å²) in [6, 6.07) is 17.8. The van der Waals surface area contributed by atoms with Gasteiger partial charge >= 0.3 is 0 Å². The van der Waals surface area contributed by atoms with Crippen LogP contribution in [-0.4, -0.2) is 21.9 Å². The maximum atomic E-state index is 12.9. The Labute approximate surface area is 160 Å². The molecule has 0 unspecified atom stereocenters. The third kappa shape index (κ3) is 3.48. The molecule has 0 amide bonds. The van der Waals surface area contributed by atoms with E-state index in [1.165, 1.54) is 21.6 Å². The van der Waals surface area contributed by atoms with Crippen molar-refractivity contribution in [3.05, 3.63) is 75.5 Å². The lowest BCUT2D eigenvalue weighted by atomic mass is 10.1. The lowest BCUT2D eigenvalue weighted by Crippen LogP contribution is -2.24. The highest BCUT2D eigenvalue weighted by Crippen LogP contribution is 2.31. The minimum absolute atomic E-state index is 0.142. The van der Waals surface area contributed by atoms with E-state index in [-0.39, 0.29) is 5.56 Å². The highest BCUT2D eigenvalue weighted by Gasteiger charge is 2.16. The van der Waals surface area contributed by atoms with Crippen LogP contribution in [0.3, 0.4) is 0 Å². The zero-order valence-electron chi connectivity index (χ0n) is 15.2. The molecule has 0 atom stereocenters. The van der Waals surface area contributed by atoms with Gasteiger partial charge in [-0.1, -0.05) is 42.5 Å². The van der Waals surface area contributed by atoms with Gasteiger partial charge in [0.1, 0.15) is 11.4 Å². The molecule has 2 aromatic heterocycles. The van der Waals surface area contributed by atoms with E-state index < -0.39 is 0 Å². The summed E-state index contributed by atoms with van der Waals surface area (Å²) in [5.74, 6) is 0.755. The van der Waals surface area contributed by atoms with Gasteiger partial charge in [-0.2, -0.15) is 5.10 Å². The second kappa shape index (κ2) is 7.32. The molecule has 0 aliphatic rings. The van der Waals surface area contributed by atoms with Gasteiger partial charge in [0.05, 0.1) is 16.8 Å². The molecule has 136 valence electrons. The van der Waals surface area contributed by atoms with Crippen LogP contribution in [0.2, 0.25) is 0 Å². The van der Waals surface area contributed by atoms with Gasteiger partial charge in [0, 0.05) is 12.1 Å². The second-order valence-corrected chi connectivity index (χ2v) is 7.46. The van der Waals surface area contributed by atoms with E-state index in [0.29, 0.717) is 12.1 Å². The Morgan fingerprint density at radius 1 is 1.11 bits per heavy atom. The maximum Gasteiger partial charge on any atom is 0.294 e. The van der Waals surface area contributed by atoms with Crippen LogP contribution in [-0.2, 0) is 13.0 Å². The van der Waals surface area contributed by atoms with Crippen LogP contribution in [0.4, 0.5) is 0 Å². The second-order valence-electron chi connectivity index (χ2n) is 6.26. The summed E-state index contributed by atoms with van der Waals surface area (Å²) in [6.07, 6.45) is 0.736. The average molecular weight is 377 g/mol. The van der Waals surface area contributed by atoms with E-state index >= 15 is 0 Å². The molecule has 4 rings (SSSR count). The zero-order chi connectivity index (χ0) is 18.8. The van der Waals surface area contributed by atoms with E-state index in [1.807, 2.05) is 49.4 Å². The number of aromatic nitrogens is 3. The molecule has 0 bridgehead atoms. The largest absolute Gasteiger partial charge is 0.497 e. The fourth-order valence-corrected chi connectivity index (χ4v) is 3.97. The number of benzene rings is 2. The summed E-state index contributed by atoms with van der Waals surface area (Å²) in [7, 11) is 1.64. The number of rotatable bonds is 5. The third-order valence-corrected chi connectivity index (χ3v) is 5.38. The fraction of sp³-hybridized carbons (Fsp3) is 0.190. The molecule has 0 aliphatic heterocycles. The van der Waals surface area contributed by atoms with Gasteiger partial charge in [0.25, 0.3) is 5.56 Å². The quantitative estimate of drug-likeness (QED) is 0.526. The van der Waals surface area contributed by atoms with E-state index in [9.17, 15) is 4.79 Å². The summed E-state index contributed by atoms with van der Waals surface area (Å²) in [4.78, 5) is 17.4. The lowest BCUT2D eigenvalue weighted by molar-refractivity contribution is 0.415. The first-order valence-corrected chi connectivity index (χ1v) is 9.54.